The Morgan fingerprint density at radius 2 is 2.33 bits per heavy atom. The van der Waals surface area contributed by atoms with E-state index in [-0.39, 0.29) is 0 Å². The van der Waals surface area contributed by atoms with Gasteiger partial charge in [0.2, 0.25) is 0 Å². The molecule has 1 aliphatic carbocycles. The van der Waals surface area contributed by atoms with Crippen LogP contribution in [0.4, 0.5) is 0 Å². The Hall–Kier alpha value is 0.290. The standard InChI is InChI=1S/C5H9Cl/c1-4-2-5(4)3-6/h4-5H,2-3H2,1H3/t4-,5+/m0/s1. The van der Waals surface area contributed by atoms with E-state index in [1.54, 1.807) is 0 Å². The van der Waals surface area contributed by atoms with Crippen molar-refractivity contribution in [2.45, 2.75) is 13.3 Å². The van der Waals surface area contributed by atoms with E-state index in [0.29, 0.717) is 0 Å². The molecule has 0 aromatic carbocycles. The van der Waals surface area contributed by atoms with E-state index in [2.05, 4.69) is 6.92 Å². The Morgan fingerprint density at radius 1 is 1.83 bits per heavy atom. The minimum Gasteiger partial charge on any atom is -0.126 e. The molecule has 0 aliphatic heterocycles. The quantitative estimate of drug-likeness (QED) is 0.446. The second kappa shape index (κ2) is 1.42. The van der Waals surface area contributed by atoms with Gasteiger partial charge in [0, 0.05) is 5.88 Å². The van der Waals surface area contributed by atoms with E-state index in [9.17, 15) is 0 Å². The molecule has 36 valence electrons. The summed E-state index contributed by atoms with van der Waals surface area (Å²) in [6.07, 6.45) is 1.36. The molecule has 0 N–H and O–H groups in total. The Kier molecular flexibility index (Phi) is 1.05. The summed E-state index contributed by atoms with van der Waals surface area (Å²) in [5, 5.41) is 0. The summed E-state index contributed by atoms with van der Waals surface area (Å²) in [5.74, 6) is 2.68. The molecule has 0 nitrogen and oxygen atoms in total. The molecule has 0 amide bonds. The van der Waals surface area contributed by atoms with Crippen LogP contribution in [-0.2, 0) is 0 Å². The van der Waals surface area contributed by atoms with Crippen molar-refractivity contribution in [1.82, 2.24) is 0 Å². The number of hydrogen-bond donors (Lipinski definition) is 0. The fraction of sp³-hybridized carbons (Fsp3) is 1.00. The summed E-state index contributed by atoms with van der Waals surface area (Å²) in [6.45, 7) is 2.24. The van der Waals surface area contributed by atoms with Crippen LogP contribution in [0.25, 0.3) is 0 Å². The van der Waals surface area contributed by atoms with Crippen molar-refractivity contribution < 1.29 is 0 Å². The molecular weight excluding hydrogens is 95.5 g/mol. The fourth-order valence-electron chi connectivity index (χ4n) is 0.614. The first-order valence-corrected chi connectivity index (χ1v) is 2.94. The zero-order valence-electron chi connectivity index (χ0n) is 3.95. The van der Waals surface area contributed by atoms with Crippen LogP contribution in [0.5, 0.6) is 0 Å². The number of rotatable bonds is 1. The fourth-order valence-corrected chi connectivity index (χ4v) is 1.04. The zero-order valence-corrected chi connectivity index (χ0v) is 4.70. The normalized spacial score (nSPS) is 43.0. The first-order chi connectivity index (χ1) is 2.84. The van der Waals surface area contributed by atoms with Gasteiger partial charge in [-0.2, -0.15) is 0 Å². The molecule has 1 rings (SSSR count). The molecule has 1 saturated carbocycles. The minimum absolute atomic E-state index is 0.867. The van der Waals surface area contributed by atoms with Gasteiger partial charge in [0.15, 0.2) is 0 Å². The average Bonchev–Trinajstić information content (AvgIpc) is 2.19. The lowest BCUT2D eigenvalue weighted by Gasteiger charge is -1.77. The van der Waals surface area contributed by atoms with Crippen molar-refractivity contribution in [2.24, 2.45) is 11.8 Å². The largest absolute Gasteiger partial charge is 0.126 e. The van der Waals surface area contributed by atoms with Crippen LogP contribution < -0.4 is 0 Å². The molecule has 0 heterocycles. The lowest BCUT2D eigenvalue weighted by molar-refractivity contribution is 0.841. The number of alkyl halides is 1. The average molecular weight is 105 g/mol. The summed E-state index contributed by atoms with van der Waals surface area (Å²) in [4.78, 5) is 0. The number of hydrogen-bond acceptors (Lipinski definition) is 0. The number of halogens is 1. The van der Waals surface area contributed by atoms with Gasteiger partial charge in [-0.1, -0.05) is 6.92 Å². The maximum atomic E-state index is 5.49. The summed E-state index contributed by atoms with van der Waals surface area (Å²) < 4.78 is 0. The molecule has 0 spiro atoms. The highest BCUT2D eigenvalue weighted by Crippen LogP contribution is 2.38. The zero-order chi connectivity index (χ0) is 4.57. The highest BCUT2D eigenvalue weighted by Gasteiger charge is 2.30. The molecular formula is C5H9Cl. The smallest absolute Gasteiger partial charge is 0.0254 e. The van der Waals surface area contributed by atoms with Gasteiger partial charge >= 0.3 is 0 Å². The highest BCUT2D eigenvalue weighted by atomic mass is 35.5. The van der Waals surface area contributed by atoms with E-state index >= 15 is 0 Å². The molecule has 0 bridgehead atoms. The summed E-state index contributed by atoms with van der Waals surface area (Å²) >= 11 is 5.49. The van der Waals surface area contributed by atoms with Crippen LogP contribution in [0.3, 0.4) is 0 Å². The molecule has 1 heteroatoms. The maximum absolute atomic E-state index is 5.49. The van der Waals surface area contributed by atoms with E-state index in [1.165, 1.54) is 6.42 Å². The summed E-state index contributed by atoms with van der Waals surface area (Å²) in [6, 6.07) is 0. The van der Waals surface area contributed by atoms with E-state index in [0.717, 1.165) is 17.7 Å². The predicted molar refractivity (Wildman–Crippen MR) is 28.0 cm³/mol. The van der Waals surface area contributed by atoms with Crippen LogP contribution in [-0.4, -0.2) is 5.88 Å². The second-order valence-corrected chi connectivity index (χ2v) is 2.44. The molecule has 0 aromatic heterocycles. The first kappa shape index (κ1) is 4.45. The van der Waals surface area contributed by atoms with Crippen molar-refractivity contribution in [3.8, 4) is 0 Å². The highest BCUT2D eigenvalue weighted by molar-refractivity contribution is 6.18. The van der Waals surface area contributed by atoms with Gasteiger partial charge in [0.1, 0.15) is 0 Å². The van der Waals surface area contributed by atoms with Crippen molar-refractivity contribution in [1.29, 1.82) is 0 Å². The van der Waals surface area contributed by atoms with E-state index in [4.69, 9.17) is 11.6 Å². The van der Waals surface area contributed by atoms with Crippen LogP contribution >= 0.6 is 11.6 Å². The van der Waals surface area contributed by atoms with Crippen molar-refractivity contribution in [3.63, 3.8) is 0 Å². The van der Waals surface area contributed by atoms with E-state index < -0.39 is 0 Å². The maximum Gasteiger partial charge on any atom is 0.0254 e. The molecule has 1 aliphatic rings. The van der Waals surface area contributed by atoms with Crippen LogP contribution in [0.2, 0.25) is 0 Å². The minimum atomic E-state index is 0.867. The first-order valence-electron chi connectivity index (χ1n) is 2.40. The molecule has 0 unspecified atom stereocenters. The van der Waals surface area contributed by atoms with Crippen molar-refractivity contribution >= 4 is 11.6 Å². The van der Waals surface area contributed by atoms with Gasteiger partial charge in [-0.05, 0) is 18.3 Å². The van der Waals surface area contributed by atoms with Gasteiger partial charge < -0.3 is 0 Å². The van der Waals surface area contributed by atoms with Gasteiger partial charge in [0.25, 0.3) is 0 Å². The third-order valence-corrected chi connectivity index (χ3v) is 1.87. The van der Waals surface area contributed by atoms with Crippen LogP contribution in [0.1, 0.15) is 13.3 Å². The van der Waals surface area contributed by atoms with E-state index in [1.807, 2.05) is 0 Å². The van der Waals surface area contributed by atoms with Crippen LogP contribution in [0.15, 0.2) is 0 Å². The Labute approximate surface area is 43.5 Å². The second-order valence-electron chi connectivity index (χ2n) is 2.13. The van der Waals surface area contributed by atoms with Crippen molar-refractivity contribution in [3.05, 3.63) is 0 Å². The summed E-state index contributed by atoms with van der Waals surface area (Å²) in [7, 11) is 0. The topological polar surface area (TPSA) is 0 Å². The SMILES string of the molecule is C[C@H]1C[C@@H]1CCl. The Bertz CT molecular complexity index is 49.9. The van der Waals surface area contributed by atoms with Gasteiger partial charge in [-0.3, -0.25) is 0 Å². The van der Waals surface area contributed by atoms with Gasteiger partial charge in [-0.15, -0.1) is 11.6 Å². The third kappa shape index (κ3) is 0.676. The van der Waals surface area contributed by atoms with Crippen LogP contribution in [0, 0.1) is 11.8 Å². The molecule has 0 saturated heterocycles. The molecule has 6 heavy (non-hydrogen) atoms. The lowest BCUT2D eigenvalue weighted by Crippen LogP contribution is -1.74. The van der Waals surface area contributed by atoms with Gasteiger partial charge in [-0.25, -0.2) is 0 Å². The third-order valence-electron chi connectivity index (χ3n) is 1.47. The Morgan fingerprint density at radius 3 is 2.33 bits per heavy atom. The summed E-state index contributed by atoms with van der Waals surface area (Å²) in [5.41, 5.74) is 0. The molecule has 0 aromatic rings. The van der Waals surface area contributed by atoms with Crippen molar-refractivity contribution in [2.75, 3.05) is 5.88 Å². The van der Waals surface area contributed by atoms with Gasteiger partial charge in [0.05, 0.1) is 0 Å². The predicted octanol–water partition coefficient (Wildman–Crippen LogP) is 1.88. The Balaban J connectivity index is 2.09. The molecule has 1 fully saturated rings. The lowest BCUT2D eigenvalue weighted by atomic mass is 10.4. The molecule has 0 radical (unpaired) electrons. The monoisotopic (exact) mass is 104 g/mol. The molecule has 2 atom stereocenters.